The molecule has 0 aliphatic carbocycles. The van der Waals surface area contributed by atoms with Gasteiger partial charge in [-0.3, -0.25) is 9.59 Å². The number of hydrogen-bond acceptors (Lipinski definition) is 5. The van der Waals surface area contributed by atoms with Crippen LogP contribution in [-0.2, 0) is 9.59 Å². The lowest BCUT2D eigenvalue weighted by molar-refractivity contribution is -0.123. The second-order valence-corrected chi connectivity index (χ2v) is 6.04. The molecule has 0 fully saturated rings. The molecule has 0 heterocycles. The number of benzene rings is 1. The third-order valence-corrected chi connectivity index (χ3v) is 2.13. The molecular weight excluding hydrogens is 306 g/mol. The van der Waals surface area contributed by atoms with Crippen LogP contribution in [0.25, 0.3) is 0 Å². The van der Waals surface area contributed by atoms with Gasteiger partial charge >= 0.3 is 0 Å². The molecule has 0 aromatic heterocycles. The van der Waals surface area contributed by atoms with Crippen LogP contribution in [0.4, 0.5) is 5.69 Å². The van der Waals surface area contributed by atoms with Crippen molar-refractivity contribution in [3.8, 4) is 0 Å². The van der Waals surface area contributed by atoms with Gasteiger partial charge in [-0.2, -0.15) is 30.4 Å². The van der Waals surface area contributed by atoms with Gasteiger partial charge in [0.25, 0.3) is 0 Å². The summed E-state index contributed by atoms with van der Waals surface area (Å²) in [5, 5.41) is 1.34. The molecular formula is C14H23N3O2S2. The van der Waals surface area contributed by atoms with Crippen LogP contribution in [0, 0.1) is 0 Å². The third kappa shape index (κ3) is 10.1. The summed E-state index contributed by atoms with van der Waals surface area (Å²) in [6.45, 7) is 5.40. The molecule has 0 atom stereocenters. The molecule has 0 saturated heterocycles. The molecule has 2 amide bonds. The largest absolute Gasteiger partial charge is 0.273 e. The Bertz CT molecular complexity index is 407. The Morgan fingerprint density at radius 2 is 1.43 bits per heavy atom. The van der Waals surface area contributed by atoms with Gasteiger partial charge in [-0.05, 0) is 19.1 Å². The molecule has 0 unspecified atom stereocenters. The van der Waals surface area contributed by atoms with Gasteiger partial charge in [-0.15, -0.1) is 0 Å². The number of carbonyl (C=O) groups excluding carboxylic acids is 2. The number of hydrogen-bond donors (Lipinski definition) is 4. The van der Waals surface area contributed by atoms with E-state index in [1.807, 2.05) is 25.1 Å². The van der Waals surface area contributed by atoms with Gasteiger partial charge in [0.1, 0.15) is 0 Å². The first kappa shape index (κ1) is 19.7. The topological polar surface area (TPSA) is 61.4 Å². The van der Waals surface area contributed by atoms with E-state index in [0.717, 1.165) is 0 Å². The van der Waals surface area contributed by atoms with E-state index in [1.165, 1.54) is 5.12 Å². The summed E-state index contributed by atoms with van der Waals surface area (Å²) >= 11 is 7.66. The van der Waals surface area contributed by atoms with Crippen LogP contribution in [0.2, 0.25) is 0 Å². The summed E-state index contributed by atoms with van der Waals surface area (Å²) < 4.78 is 0.222. The van der Waals surface area contributed by atoms with E-state index >= 15 is 0 Å². The molecule has 21 heavy (non-hydrogen) atoms. The van der Waals surface area contributed by atoms with Crippen molar-refractivity contribution in [2.75, 3.05) is 5.12 Å². The molecule has 1 aromatic carbocycles. The summed E-state index contributed by atoms with van der Waals surface area (Å²) in [6.07, 6.45) is 0.705. The van der Waals surface area contributed by atoms with Crippen molar-refractivity contribution < 1.29 is 9.59 Å². The number of carbonyl (C=O) groups is 2. The predicted octanol–water partition coefficient (Wildman–Crippen LogP) is 2.57. The minimum Gasteiger partial charge on any atom is -0.273 e. The van der Waals surface area contributed by atoms with Crippen LogP contribution in [-0.4, -0.2) is 16.4 Å². The van der Waals surface area contributed by atoms with Crippen LogP contribution in [0.3, 0.4) is 0 Å². The van der Waals surface area contributed by atoms with Gasteiger partial charge in [0, 0.05) is 17.4 Å². The lowest BCUT2D eigenvalue weighted by atomic mass is 10.3. The van der Waals surface area contributed by atoms with Crippen molar-refractivity contribution in [3.63, 3.8) is 0 Å². The van der Waals surface area contributed by atoms with Crippen molar-refractivity contribution in [1.82, 2.24) is 10.9 Å². The van der Waals surface area contributed by atoms with Gasteiger partial charge in [0.15, 0.2) is 0 Å². The summed E-state index contributed by atoms with van der Waals surface area (Å²) in [4.78, 5) is 22.7. The fraction of sp³-hybridized carbons (Fsp3) is 0.429. The Hall–Kier alpha value is -1.34. The fourth-order valence-corrected chi connectivity index (χ4v) is 1.14. The average molecular weight is 329 g/mol. The summed E-state index contributed by atoms with van der Waals surface area (Å²) in [6, 6.07) is 9.12. The Balaban J connectivity index is 0.000000885. The fourth-order valence-electron chi connectivity index (χ4n) is 1.14. The highest BCUT2D eigenvalue weighted by Crippen LogP contribution is 2.08. The molecule has 5 nitrogen and oxygen atoms in total. The van der Waals surface area contributed by atoms with E-state index in [4.69, 9.17) is 0 Å². The van der Waals surface area contributed by atoms with E-state index in [9.17, 15) is 9.59 Å². The summed E-state index contributed by atoms with van der Waals surface area (Å²) in [5.74, 6) is -0.324. The van der Waals surface area contributed by atoms with Gasteiger partial charge in [0.2, 0.25) is 11.8 Å². The number of rotatable bonds is 5. The average Bonchev–Trinajstić information content (AvgIpc) is 2.46. The Labute approximate surface area is 137 Å². The van der Waals surface area contributed by atoms with Gasteiger partial charge in [-0.25, -0.2) is 10.9 Å². The van der Waals surface area contributed by atoms with Crippen molar-refractivity contribution in [3.05, 3.63) is 30.3 Å². The zero-order valence-electron chi connectivity index (χ0n) is 12.5. The molecule has 0 saturated carbocycles. The molecule has 118 valence electrons. The van der Waals surface area contributed by atoms with Gasteiger partial charge in [0.05, 0.1) is 5.69 Å². The highest BCUT2D eigenvalue weighted by atomic mass is 32.2. The molecule has 0 aliphatic heterocycles. The number of nitrogens with zero attached hydrogens (tertiary/aromatic N) is 1. The van der Waals surface area contributed by atoms with E-state index in [2.05, 4.69) is 36.1 Å². The van der Waals surface area contributed by atoms with Crippen molar-refractivity contribution in [2.45, 2.75) is 38.2 Å². The Morgan fingerprint density at radius 1 is 1.05 bits per heavy atom. The van der Waals surface area contributed by atoms with Gasteiger partial charge in [-0.1, -0.05) is 32.0 Å². The molecule has 1 aromatic rings. The zero-order chi connectivity index (χ0) is 16.3. The molecule has 2 N–H and O–H groups in total. The third-order valence-electron chi connectivity index (χ3n) is 2.13. The summed E-state index contributed by atoms with van der Waals surface area (Å²) in [7, 11) is 0. The molecule has 1 rings (SSSR count). The number of hydrazine groups is 2. The van der Waals surface area contributed by atoms with Crippen LogP contribution >= 0.6 is 25.3 Å². The van der Waals surface area contributed by atoms with E-state index in [1.54, 1.807) is 26.0 Å². The highest BCUT2D eigenvalue weighted by Gasteiger charge is 2.10. The van der Waals surface area contributed by atoms with E-state index < -0.39 is 0 Å². The number of thiol groups is 2. The number of anilines is 1. The minimum atomic E-state index is -0.162. The molecule has 0 bridgehead atoms. The smallest absolute Gasteiger partial charge is 0.239 e. The van der Waals surface area contributed by atoms with Crippen molar-refractivity contribution in [2.24, 2.45) is 0 Å². The van der Waals surface area contributed by atoms with Crippen molar-refractivity contribution >= 4 is 42.8 Å². The lowest BCUT2D eigenvalue weighted by Gasteiger charge is -2.25. The highest BCUT2D eigenvalue weighted by molar-refractivity contribution is 7.99. The van der Waals surface area contributed by atoms with E-state index in [0.29, 0.717) is 18.5 Å². The zero-order valence-corrected chi connectivity index (χ0v) is 14.3. The SMILES string of the molecule is CC(S)S.CCC(=O)NN(NC(=O)CC)c1ccccc1. The quantitative estimate of drug-likeness (QED) is 0.381. The van der Waals surface area contributed by atoms with E-state index in [-0.39, 0.29) is 16.4 Å². The first-order valence-electron chi connectivity index (χ1n) is 6.70. The van der Waals surface area contributed by atoms with Crippen LogP contribution in [0.1, 0.15) is 33.6 Å². The summed E-state index contributed by atoms with van der Waals surface area (Å²) in [5.41, 5.74) is 5.93. The predicted molar refractivity (Wildman–Crippen MR) is 93.2 cm³/mol. The molecule has 0 aliphatic rings. The lowest BCUT2D eigenvalue weighted by Crippen LogP contribution is -2.53. The first-order chi connectivity index (χ1) is 9.90. The van der Waals surface area contributed by atoms with Crippen LogP contribution < -0.4 is 16.0 Å². The maximum atomic E-state index is 11.4. The molecule has 7 heteroatoms. The van der Waals surface area contributed by atoms with Gasteiger partial charge < -0.3 is 0 Å². The van der Waals surface area contributed by atoms with Crippen LogP contribution in [0.15, 0.2) is 30.3 Å². The molecule has 0 radical (unpaired) electrons. The molecule has 0 spiro atoms. The first-order valence-corrected chi connectivity index (χ1v) is 7.74. The number of nitrogens with one attached hydrogen (secondary N) is 2. The number of para-hydroxylation sites is 1. The maximum absolute atomic E-state index is 11.4. The second-order valence-electron chi connectivity index (χ2n) is 4.08. The standard InChI is InChI=1S/C12H17N3O2.C2H6S2/c1-3-11(16)13-15(14-12(17)4-2)10-8-6-5-7-9-10;1-2(3)4/h5-9H,3-4H2,1-2H3,(H,13,16)(H,14,17);2-4H,1H3. The van der Waals surface area contributed by atoms with Crippen LogP contribution in [0.5, 0.6) is 0 Å². The normalized spacial score (nSPS) is 9.43. The Morgan fingerprint density at radius 3 is 1.76 bits per heavy atom. The second kappa shape index (κ2) is 11.3. The maximum Gasteiger partial charge on any atom is 0.239 e. The number of amides is 2. The monoisotopic (exact) mass is 329 g/mol. The Kier molecular flexibility index (Phi) is 10.6. The minimum absolute atomic E-state index is 0.162. The van der Waals surface area contributed by atoms with Crippen molar-refractivity contribution in [1.29, 1.82) is 0 Å².